The van der Waals surface area contributed by atoms with Crippen molar-refractivity contribution in [3.05, 3.63) is 26.9 Å². The number of nitro groups is 1. The smallest absolute Gasteiger partial charge is 0.288 e. The van der Waals surface area contributed by atoms with E-state index >= 15 is 0 Å². The van der Waals surface area contributed by atoms with Gasteiger partial charge in [0.1, 0.15) is 12.0 Å². The first kappa shape index (κ1) is 16.2. The van der Waals surface area contributed by atoms with E-state index in [1.165, 1.54) is 37.3 Å². The number of aromatic nitrogens is 1. The summed E-state index contributed by atoms with van der Waals surface area (Å²) in [6, 6.07) is 1.47. The zero-order valence-corrected chi connectivity index (χ0v) is 13.3. The summed E-state index contributed by atoms with van der Waals surface area (Å²) in [5.74, 6) is 1.89. The maximum Gasteiger partial charge on any atom is 0.288 e. The highest BCUT2D eigenvalue weighted by Gasteiger charge is 2.09. The monoisotopic (exact) mass is 347 g/mol. The Balaban J connectivity index is 2.28. The first-order chi connectivity index (χ1) is 9.15. The summed E-state index contributed by atoms with van der Waals surface area (Å²) in [5.41, 5.74) is -0.00510. The molecular weight excluding hydrogens is 330 g/mol. The fourth-order valence-corrected chi connectivity index (χ4v) is 2.56. The third-order valence-corrected chi connectivity index (χ3v) is 3.91. The van der Waals surface area contributed by atoms with Gasteiger partial charge in [0, 0.05) is 12.6 Å². The lowest BCUT2D eigenvalue weighted by molar-refractivity contribution is -0.385. The Labute approximate surface area is 125 Å². The van der Waals surface area contributed by atoms with Crippen molar-refractivity contribution in [2.24, 2.45) is 0 Å². The molecule has 0 saturated heterocycles. The Morgan fingerprint density at radius 3 is 2.79 bits per heavy atom. The predicted octanol–water partition coefficient (Wildman–Crippen LogP) is 4.09. The van der Waals surface area contributed by atoms with E-state index in [0.717, 1.165) is 13.0 Å². The lowest BCUT2D eigenvalue weighted by atomic mass is 10.2. The van der Waals surface area contributed by atoms with Crippen molar-refractivity contribution in [2.75, 3.05) is 23.9 Å². The van der Waals surface area contributed by atoms with E-state index in [0.29, 0.717) is 10.3 Å². The van der Waals surface area contributed by atoms with E-state index in [1.807, 2.05) is 11.8 Å². The number of anilines is 1. The van der Waals surface area contributed by atoms with Gasteiger partial charge in [-0.15, -0.1) is 0 Å². The maximum absolute atomic E-state index is 10.6. The SMILES string of the molecule is CSCCCCCCNc1ncc([N+](=O)[O-])cc1Br. The topological polar surface area (TPSA) is 68.1 Å². The number of pyridine rings is 1. The van der Waals surface area contributed by atoms with Crippen molar-refractivity contribution in [1.29, 1.82) is 0 Å². The van der Waals surface area contributed by atoms with Gasteiger partial charge < -0.3 is 5.32 Å². The van der Waals surface area contributed by atoms with Gasteiger partial charge in [0.15, 0.2) is 0 Å². The van der Waals surface area contributed by atoms with Crippen molar-refractivity contribution in [3.8, 4) is 0 Å². The fraction of sp³-hybridized carbons (Fsp3) is 0.583. The molecule has 0 atom stereocenters. The highest BCUT2D eigenvalue weighted by atomic mass is 79.9. The van der Waals surface area contributed by atoms with Crippen LogP contribution in [0.5, 0.6) is 0 Å². The van der Waals surface area contributed by atoms with Crippen molar-refractivity contribution in [2.45, 2.75) is 25.7 Å². The zero-order chi connectivity index (χ0) is 14.1. The van der Waals surface area contributed by atoms with E-state index in [4.69, 9.17) is 0 Å². The van der Waals surface area contributed by atoms with Crippen LogP contribution in [0.4, 0.5) is 11.5 Å². The number of nitrogens with zero attached hydrogens (tertiary/aromatic N) is 2. The molecule has 0 aliphatic carbocycles. The van der Waals surface area contributed by atoms with Crippen molar-refractivity contribution in [3.63, 3.8) is 0 Å². The Morgan fingerprint density at radius 1 is 1.42 bits per heavy atom. The standard InChI is InChI=1S/C12H18BrN3O2S/c1-19-7-5-3-2-4-6-14-12-11(13)8-10(9-15-12)16(17)18/h8-9H,2-7H2,1H3,(H,14,15). The van der Waals surface area contributed by atoms with Crippen LogP contribution in [-0.4, -0.2) is 28.5 Å². The fourth-order valence-electron chi connectivity index (χ4n) is 1.59. The van der Waals surface area contributed by atoms with Crippen molar-refractivity contribution >= 4 is 39.2 Å². The second-order valence-corrected chi connectivity index (χ2v) is 5.95. The molecule has 0 spiro atoms. The molecule has 1 heterocycles. The molecule has 1 rings (SSSR count). The Bertz CT molecular complexity index is 418. The van der Waals surface area contributed by atoms with E-state index in [-0.39, 0.29) is 5.69 Å². The summed E-state index contributed by atoms with van der Waals surface area (Å²) in [5, 5.41) is 13.8. The maximum atomic E-state index is 10.6. The van der Waals surface area contributed by atoms with Crippen molar-refractivity contribution < 1.29 is 4.92 Å². The van der Waals surface area contributed by atoms with Gasteiger partial charge in [-0.25, -0.2) is 4.98 Å². The zero-order valence-electron chi connectivity index (χ0n) is 10.9. The second kappa shape index (κ2) is 9.14. The predicted molar refractivity (Wildman–Crippen MR) is 83.9 cm³/mol. The molecule has 0 aliphatic heterocycles. The number of hydrogen-bond acceptors (Lipinski definition) is 5. The lowest BCUT2D eigenvalue weighted by Crippen LogP contribution is -2.04. The van der Waals surface area contributed by atoms with Gasteiger partial charge in [-0.2, -0.15) is 11.8 Å². The van der Waals surface area contributed by atoms with Crippen LogP contribution in [0.25, 0.3) is 0 Å². The third-order valence-electron chi connectivity index (χ3n) is 2.61. The molecule has 5 nitrogen and oxygen atoms in total. The Morgan fingerprint density at radius 2 is 2.16 bits per heavy atom. The van der Waals surface area contributed by atoms with Crippen LogP contribution >= 0.6 is 27.7 Å². The highest BCUT2D eigenvalue weighted by molar-refractivity contribution is 9.10. The van der Waals surface area contributed by atoms with Crippen LogP contribution in [0.1, 0.15) is 25.7 Å². The number of nitrogens with one attached hydrogen (secondary N) is 1. The van der Waals surface area contributed by atoms with Gasteiger partial charge in [0.05, 0.1) is 9.40 Å². The second-order valence-electron chi connectivity index (χ2n) is 4.11. The summed E-state index contributed by atoms with van der Waals surface area (Å²) in [4.78, 5) is 14.2. The molecular formula is C12H18BrN3O2S. The average Bonchev–Trinajstić information content (AvgIpc) is 2.39. The molecule has 106 valence electrons. The molecule has 0 amide bonds. The van der Waals surface area contributed by atoms with E-state index < -0.39 is 4.92 Å². The number of hydrogen-bond donors (Lipinski definition) is 1. The number of halogens is 1. The van der Waals surface area contributed by atoms with Crippen LogP contribution in [0.15, 0.2) is 16.7 Å². The van der Waals surface area contributed by atoms with Gasteiger partial charge in [0.2, 0.25) is 0 Å². The van der Waals surface area contributed by atoms with Gasteiger partial charge >= 0.3 is 0 Å². The van der Waals surface area contributed by atoms with E-state index in [1.54, 1.807) is 0 Å². The van der Waals surface area contributed by atoms with E-state index in [2.05, 4.69) is 32.5 Å². The lowest BCUT2D eigenvalue weighted by Gasteiger charge is -2.07. The van der Waals surface area contributed by atoms with Crippen LogP contribution in [0.2, 0.25) is 0 Å². The molecule has 0 unspecified atom stereocenters. The summed E-state index contributed by atoms with van der Waals surface area (Å²) < 4.78 is 0.629. The number of unbranched alkanes of at least 4 members (excludes halogenated alkanes) is 3. The molecule has 1 N–H and O–H groups in total. The van der Waals surface area contributed by atoms with Gasteiger partial charge in [-0.3, -0.25) is 10.1 Å². The van der Waals surface area contributed by atoms with Crippen LogP contribution < -0.4 is 5.32 Å². The molecule has 1 aromatic heterocycles. The number of thioether (sulfide) groups is 1. The van der Waals surface area contributed by atoms with Gasteiger partial charge in [-0.05, 0) is 40.8 Å². The van der Waals surface area contributed by atoms with Gasteiger partial charge in [-0.1, -0.05) is 12.8 Å². The molecule has 0 saturated carbocycles. The molecule has 0 bridgehead atoms. The van der Waals surface area contributed by atoms with E-state index in [9.17, 15) is 10.1 Å². The van der Waals surface area contributed by atoms with Gasteiger partial charge in [0.25, 0.3) is 5.69 Å². The summed E-state index contributed by atoms with van der Waals surface area (Å²) >= 11 is 5.17. The molecule has 0 aromatic carbocycles. The normalized spacial score (nSPS) is 10.4. The first-order valence-electron chi connectivity index (χ1n) is 6.18. The molecule has 19 heavy (non-hydrogen) atoms. The first-order valence-corrected chi connectivity index (χ1v) is 8.36. The quantitative estimate of drug-likeness (QED) is 0.414. The van der Waals surface area contributed by atoms with Crippen LogP contribution in [0, 0.1) is 10.1 Å². The third kappa shape index (κ3) is 6.24. The molecule has 0 radical (unpaired) electrons. The minimum absolute atomic E-state index is 0.00510. The molecule has 1 aromatic rings. The molecule has 0 fully saturated rings. The molecule has 0 aliphatic rings. The van der Waals surface area contributed by atoms with Crippen LogP contribution in [0.3, 0.4) is 0 Å². The summed E-state index contributed by atoms with van der Waals surface area (Å²) in [7, 11) is 0. The van der Waals surface area contributed by atoms with Crippen molar-refractivity contribution in [1.82, 2.24) is 4.98 Å². The Kier molecular flexibility index (Phi) is 7.81. The number of rotatable bonds is 9. The summed E-state index contributed by atoms with van der Waals surface area (Å²) in [6.45, 7) is 0.836. The average molecular weight is 348 g/mol. The van der Waals surface area contributed by atoms with Crippen LogP contribution in [-0.2, 0) is 0 Å². The largest absolute Gasteiger partial charge is 0.369 e. The molecule has 7 heteroatoms. The highest BCUT2D eigenvalue weighted by Crippen LogP contribution is 2.24. The minimum Gasteiger partial charge on any atom is -0.369 e. The summed E-state index contributed by atoms with van der Waals surface area (Å²) in [6.07, 6.45) is 8.18. The Hall–Kier alpha value is -0.820. The minimum atomic E-state index is -0.451.